The maximum atomic E-state index is 11.9. The molecule has 19 heavy (non-hydrogen) atoms. The number of unbranched alkanes of at least 4 members (excludes halogenated alkanes) is 1. The molecule has 0 unspecified atom stereocenters. The van der Waals surface area contributed by atoms with Gasteiger partial charge in [0, 0.05) is 12.7 Å². The second kappa shape index (κ2) is 7.59. The Bertz CT molecular complexity index is 470. The molecule has 0 radical (unpaired) electrons. The lowest BCUT2D eigenvalue weighted by atomic mass is 10.3. The van der Waals surface area contributed by atoms with Crippen molar-refractivity contribution in [3.05, 3.63) is 12.4 Å². The van der Waals surface area contributed by atoms with Crippen molar-refractivity contribution in [1.29, 1.82) is 0 Å². The predicted molar refractivity (Wildman–Crippen MR) is 72.3 cm³/mol. The van der Waals surface area contributed by atoms with Gasteiger partial charge in [0.25, 0.3) is 0 Å². The average Bonchev–Trinajstić information content (AvgIpc) is 2.78. The lowest BCUT2D eigenvalue weighted by Crippen LogP contribution is -2.25. The minimum Gasteiger partial charge on any atom is -0.394 e. The van der Waals surface area contributed by atoms with E-state index in [9.17, 15) is 8.42 Å². The molecule has 0 saturated carbocycles. The SMILES string of the molecule is CN(C)CCCCNS(=O)(=O)c1cnn(CCO)c1. The maximum absolute atomic E-state index is 11.9. The van der Waals surface area contributed by atoms with E-state index in [-0.39, 0.29) is 11.5 Å². The van der Waals surface area contributed by atoms with Gasteiger partial charge in [-0.2, -0.15) is 5.10 Å². The number of hydrogen-bond acceptors (Lipinski definition) is 5. The van der Waals surface area contributed by atoms with Crippen molar-refractivity contribution in [2.24, 2.45) is 0 Å². The van der Waals surface area contributed by atoms with Gasteiger partial charge in [-0.3, -0.25) is 4.68 Å². The lowest BCUT2D eigenvalue weighted by molar-refractivity contribution is 0.269. The Morgan fingerprint density at radius 2 is 2.16 bits per heavy atom. The van der Waals surface area contributed by atoms with Gasteiger partial charge in [-0.1, -0.05) is 0 Å². The van der Waals surface area contributed by atoms with Gasteiger partial charge in [-0.15, -0.1) is 0 Å². The van der Waals surface area contributed by atoms with Crippen molar-refractivity contribution >= 4 is 10.0 Å². The van der Waals surface area contributed by atoms with Crippen LogP contribution in [-0.2, 0) is 16.6 Å². The lowest BCUT2D eigenvalue weighted by Gasteiger charge is -2.09. The first kappa shape index (κ1) is 16.1. The Morgan fingerprint density at radius 1 is 1.42 bits per heavy atom. The number of nitrogens with one attached hydrogen (secondary N) is 1. The molecule has 0 aromatic carbocycles. The molecule has 0 fully saturated rings. The fraction of sp³-hybridized carbons (Fsp3) is 0.727. The molecular formula is C11H22N4O3S. The quantitative estimate of drug-likeness (QED) is 0.598. The van der Waals surface area contributed by atoms with Crippen molar-refractivity contribution in [3.63, 3.8) is 0 Å². The van der Waals surface area contributed by atoms with E-state index in [1.165, 1.54) is 17.1 Å². The Hall–Kier alpha value is -0.960. The molecule has 1 rings (SSSR count). The van der Waals surface area contributed by atoms with E-state index < -0.39 is 10.0 Å². The molecule has 0 aliphatic carbocycles. The van der Waals surface area contributed by atoms with Crippen LogP contribution in [0.2, 0.25) is 0 Å². The number of sulfonamides is 1. The smallest absolute Gasteiger partial charge is 0.243 e. The van der Waals surface area contributed by atoms with Crippen LogP contribution in [0.15, 0.2) is 17.3 Å². The number of aliphatic hydroxyl groups excluding tert-OH is 1. The Morgan fingerprint density at radius 3 is 2.79 bits per heavy atom. The second-order valence-electron chi connectivity index (χ2n) is 4.57. The highest BCUT2D eigenvalue weighted by Gasteiger charge is 2.15. The third-order valence-corrected chi connectivity index (χ3v) is 3.99. The van der Waals surface area contributed by atoms with Crippen LogP contribution in [-0.4, -0.2) is 62.0 Å². The predicted octanol–water partition coefficient (Wildman–Crippen LogP) is -0.504. The second-order valence-corrected chi connectivity index (χ2v) is 6.34. The first-order valence-corrected chi connectivity index (χ1v) is 7.72. The highest BCUT2D eigenvalue weighted by molar-refractivity contribution is 7.89. The number of aromatic nitrogens is 2. The zero-order chi connectivity index (χ0) is 14.3. The number of rotatable bonds is 9. The van der Waals surface area contributed by atoms with E-state index in [0.29, 0.717) is 13.1 Å². The van der Waals surface area contributed by atoms with E-state index in [2.05, 4.69) is 14.7 Å². The number of nitrogens with zero attached hydrogens (tertiary/aromatic N) is 3. The first-order chi connectivity index (χ1) is 8.95. The van der Waals surface area contributed by atoms with Crippen LogP contribution in [0.5, 0.6) is 0 Å². The highest BCUT2D eigenvalue weighted by atomic mass is 32.2. The molecule has 0 atom stereocenters. The van der Waals surface area contributed by atoms with Crippen LogP contribution in [0, 0.1) is 0 Å². The van der Waals surface area contributed by atoms with Gasteiger partial charge in [0.15, 0.2) is 0 Å². The molecule has 1 aromatic rings. The minimum absolute atomic E-state index is 0.0703. The summed E-state index contributed by atoms with van der Waals surface area (Å²) in [6, 6.07) is 0. The molecule has 7 nitrogen and oxygen atoms in total. The number of hydrogen-bond donors (Lipinski definition) is 2. The summed E-state index contributed by atoms with van der Waals surface area (Å²) in [5.74, 6) is 0. The van der Waals surface area contributed by atoms with Crippen LogP contribution in [0.1, 0.15) is 12.8 Å². The first-order valence-electron chi connectivity index (χ1n) is 6.23. The Kier molecular flexibility index (Phi) is 6.43. The summed E-state index contributed by atoms with van der Waals surface area (Å²) >= 11 is 0. The van der Waals surface area contributed by atoms with E-state index in [0.717, 1.165) is 19.4 Å². The van der Waals surface area contributed by atoms with Crippen molar-refractivity contribution in [2.75, 3.05) is 33.8 Å². The molecule has 0 amide bonds. The summed E-state index contributed by atoms with van der Waals surface area (Å²) < 4.78 is 27.8. The van der Waals surface area contributed by atoms with Crippen LogP contribution < -0.4 is 4.72 Å². The molecule has 8 heteroatoms. The minimum atomic E-state index is -3.49. The molecule has 110 valence electrons. The van der Waals surface area contributed by atoms with Gasteiger partial charge < -0.3 is 10.0 Å². The molecule has 0 aliphatic rings. The van der Waals surface area contributed by atoms with E-state index in [4.69, 9.17) is 5.11 Å². The van der Waals surface area contributed by atoms with Crippen molar-refractivity contribution in [2.45, 2.75) is 24.3 Å². The van der Waals surface area contributed by atoms with Crippen molar-refractivity contribution < 1.29 is 13.5 Å². The third-order valence-electron chi connectivity index (χ3n) is 2.57. The van der Waals surface area contributed by atoms with E-state index in [1.807, 2.05) is 14.1 Å². The summed E-state index contributed by atoms with van der Waals surface area (Å²) in [4.78, 5) is 2.20. The zero-order valence-electron chi connectivity index (χ0n) is 11.4. The molecule has 0 spiro atoms. The van der Waals surface area contributed by atoms with Crippen LogP contribution in [0.4, 0.5) is 0 Å². The zero-order valence-corrected chi connectivity index (χ0v) is 12.2. The fourth-order valence-corrected chi connectivity index (χ4v) is 2.58. The molecule has 1 heterocycles. The van der Waals surface area contributed by atoms with Crippen LogP contribution >= 0.6 is 0 Å². The number of aliphatic hydroxyl groups is 1. The molecule has 0 bridgehead atoms. The molecular weight excluding hydrogens is 268 g/mol. The summed E-state index contributed by atoms with van der Waals surface area (Å²) in [5.41, 5.74) is 0. The van der Waals surface area contributed by atoms with Gasteiger partial charge >= 0.3 is 0 Å². The van der Waals surface area contributed by atoms with E-state index in [1.54, 1.807) is 0 Å². The molecule has 2 N–H and O–H groups in total. The summed E-state index contributed by atoms with van der Waals surface area (Å²) in [5, 5.41) is 12.6. The molecule has 0 aliphatic heterocycles. The summed E-state index contributed by atoms with van der Waals surface area (Å²) in [7, 11) is 0.485. The van der Waals surface area contributed by atoms with Gasteiger partial charge in [0.1, 0.15) is 4.90 Å². The van der Waals surface area contributed by atoms with Crippen LogP contribution in [0.25, 0.3) is 0 Å². The normalized spacial score (nSPS) is 12.2. The van der Waals surface area contributed by atoms with Gasteiger partial charge in [-0.25, -0.2) is 13.1 Å². The van der Waals surface area contributed by atoms with Gasteiger partial charge in [0.2, 0.25) is 10.0 Å². The summed E-state index contributed by atoms with van der Waals surface area (Å²) in [6.45, 7) is 1.58. The van der Waals surface area contributed by atoms with Gasteiger partial charge in [-0.05, 0) is 33.5 Å². The van der Waals surface area contributed by atoms with Crippen LogP contribution in [0.3, 0.4) is 0 Å². The standard InChI is InChI=1S/C11H22N4O3S/c1-14(2)6-4-3-5-13-19(17,18)11-9-12-15(10-11)7-8-16/h9-10,13,16H,3-8H2,1-2H3. The maximum Gasteiger partial charge on any atom is 0.243 e. The highest BCUT2D eigenvalue weighted by Crippen LogP contribution is 2.06. The van der Waals surface area contributed by atoms with E-state index >= 15 is 0 Å². The Balaban J connectivity index is 2.42. The van der Waals surface area contributed by atoms with Crippen molar-refractivity contribution in [1.82, 2.24) is 19.4 Å². The monoisotopic (exact) mass is 290 g/mol. The van der Waals surface area contributed by atoms with Crippen molar-refractivity contribution in [3.8, 4) is 0 Å². The molecule has 0 saturated heterocycles. The third kappa shape index (κ3) is 5.68. The topological polar surface area (TPSA) is 87.5 Å². The van der Waals surface area contributed by atoms with Gasteiger partial charge in [0.05, 0.1) is 19.3 Å². The fourth-order valence-electron chi connectivity index (χ4n) is 1.55. The largest absolute Gasteiger partial charge is 0.394 e. The Labute approximate surface area is 114 Å². The summed E-state index contributed by atoms with van der Waals surface area (Å²) in [6.07, 6.45) is 4.44. The molecule has 1 aromatic heterocycles. The average molecular weight is 290 g/mol.